The number of nitrogens with zero attached hydrogens (tertiary/aromatic N) is 3. The highest BCUT2D eigenvalue weighted by Crippen LogP contribution is 2.44. The van der Waals surface area contributed by atoms with E-state index in [0.29, 0.717) is 16.5 Å². The molecule has 0 unspecified atom stereocenters. The van der Waals surface area contributed by atoms with Gasteiger partial charge in [-0.1, -0.05) is 6.07 Å². The van der Waals surface area contributed by atoms with Crippen LogP contribution in [-0.4, -0.2) is 41.4 Å². The average molecular weight is 480 g/mol. The maximum absolute atomic E-state index is 12.2. The predicted octanol–water partition coefficient (Wildman–Crippen LogP) is 3.81. The predicted molar refractivity (Wildman–Crippen MR) is 136 cm³/mol. The molecule has 0 radical (unpaired) electrons. The lowest BCUT2D eigenvalue weighted by Crippen LogP contribution is -2.29. The SMILES string of the molecule is COCC(=O)Nc1cc(N2C(=S)N[C@H](c3ccccn3)[C@H]2c2cc(C)n(C)c2C)ccc1OC. The number of methoxy groups -OCH3 is 2. The molecule has 1 saturated heterocycles. The van der Waals surface area contributed by atoms with Crippen LogP contribution in [0.3, 0.4) is 0 Å². The Hall–Kier alpha value is -3.43. The van der Waals surface area contributed by atoms with E-state index in [4.69, 9.17) is 21.7 Å². The summed E-state index contributed by atoms with van der Waals surface area (Å²) in [5, 5.41) is 6.93. The van der Waals surface area contributed by atoms with E-state index >= 15 is 0 Å². The number of benzene rings is 1. The van der Waals surface area contributed by atoms with E-state index in [-0.39, 0.29) is 24.6 Å². The second-order valence-electron chi connectivity index (χ2n) is 8.25. The standard InChI is InChI=1S/C25H29N5O3S/c1-15-12-18(16(2)29(15)3)24-23(19-8-6-7-11-26-19)28-25(34)30(24)17-9-10-21(33-5)20(13-17)27-22(31)14-32-4/h6-13,23-24H,14H2,1-5H3,(H,27,31)(H,28,34)/t23-,24-/m1/s1. The van der Waals surface area contributed by atoms with Crippen molar-refractivity contribution in [3.8, 4) is 5.75 Å². The van der Waals surface area contributed by atoms with Crippen molar-refractivity contribution in [2.75, 3.05) is 31.0 Å². The molecule has 1 aliphatic rings. The van der Waals surface area contributed by atoms with E-state index in [2.05, 4.69) is 52.0 Å². The molecule has 34 heavy (non-hydrogen) atoms. The third kappa shape index (κ3) is 4.36. The number of carbonyl (C=O) groups is 1. The zero-order valence-electron chi connectivity index (χ0n) is 20.0. The minimum absolute atomic E-state index is 0.0517. The number of hydrogen-bond donors (Lipinski definition) is 2. The second kappa shape index (κ2) is 9.82. The molecule has 0 spiro atoms. The molecule has 1 aliphatic heterocycles. The maximum Gasteiger partial charge on any atom is 0.250 e. The van der Waals surface area contributed by atoms with Gasteiger partial charge in [0.1, 0.15) is 12.4 Å². The number of anilines is 2. The molecule has 8 nitrogen and oxygen atoms in total. The molecular weight excluding hydrogens is 450 g/mol. The summed E-state index contributed by atoms with van der Waals surface area (Å²) in [6, 6.07) is 13.4. The van der Waals surface area contributed by atoms with Gasteiger partial charge in [0.25, 0.3) is 0 Å². The Morgan fingerprint density at radius 1 is 1.21 bits per heavy atom. The van der Waals surface area contributed by atoms with Crippen LogP contribution >= 0.6 is 12.2 Å². The number of thiocarbonyl (C=S) groups is 1. The summed E-state index contributed by atoms with van der Waals surface area (Å²) in [5.41, 5.74) is 5.75. The van der Waals surface area contributed by atoms with Crippen LogP contribution in [0, 0.1) is 13.8 Å². The molecule has 178 valence electrons. The van der Waals surface area contributed by atoms with Crippen molar-refractivity contribution in [2.24, 2.45) is 7.05 Å². The number of carbonyl (C=O) groups excluding carboxylic acids is 1. The van der Waals surface area contributed by atoms with Crippen molar-refractivity contribution in [2.45, 2.75) is 25.9 Å². The number of hydrogen-bond acceptors (Lipinski definition) is 5. The van der Waals surface area contributed by atoms with E-state index in [9.17, 15) is 4.79 Å². The molecule has 1 aromatic carbocycles. The first-order valence-corrected chi connectivity index (χ1v) is 11.4. The topological polar surface area (TPSA) is 80.7 Å². The lowest BCUT2D eigenvalue weighted by Gasteiger charge is -2.28. The van der Waals surface area contributed by atoms with E-state index in [1.807, 2.05) is 36.4 Å². The van der Waals surface area contributed by atoms with Crippen LogP contribution in [0.1, 0.15) is 34.7 Å². The lowest BCUT2D eigenvalue weighted by molar-refractivity contribution is -0.119. The quantitative estimate of drug-likeness (QED) is 0.499. The van der Waals surface area contributed by atoms with Crippen molar-refractivity contribution < 1.29 is 14.3 Å². The summed E-state index contributed by atoms with van der Waals surface area (Å²) in [7, 11) is 5.11. The molecule has 3 aromatic rings. The Labute approximate surface area is 204 Å². The molecule has 2 N–H and O–H groups in total. The van der Waals surface area contributed by atoms with Gasteiger partial charge in [-0.15, -0.1) is 0 Å². The van der Waals surface area contributed by atoms with Crippen molar-refractivity contribution >= 4 is 34.6 Å². The van der Waals surface area contributed by atoms with Crippen LogP contribution in [-0.2, 0) is 16.6 Å². The minimum Gasteiger partial charge on any atom is -0.495 e. The van der Waals surface area contributed by atoms with Crippen molar-refractivity contribution in [1.82, 2.24) is 14.9 Å². The molecule has 4 rings (SSSR count). The first-order valence-electron chi connectivity index (χ1n) is 11.0. The zero-order valence-corrected chi connectivity index (χ0v) is 20.8. The fourth-order valence-electron chi connectivity index (χ4n) is 4.39. The van der Waals surface area contributed by atoms with Crippen molar-refractivity contribution in [3.05, 3.63) is 71.3 Å². The minimum atomic E-state index is -0.266. The maximum atomic E-state index is 12.2. The first kappa shape index (κ1) is 23.7. The Balaban J connectivity index is 1.82. The molecule has 0 bridgehead atoms. The van der Waals surface area contributed by atoms with Crippen LogP contribution in [0.15, 0.2) is 48.7 Å². The molecule has 3 heterocycles. The first-order chi connectivity index (χ1) is 16.3. The van der Waals surface area contributed by atoms with E-state index in [0.717, 1.165) is 28.3 Å². The largest absolute Gasteiger partial charge is 0.495 e. The molecule has 2 aromatic heterocycles. The Bertz CT molecular complexity index is 1210. The second-order valence-corrected chi connectivity index (χ2v) is 8.63. The van der Waals surface area contributed by atoms with Gasteiger partial charge in [0.15, 0.2) is 5.11 Å². The monoisotopic (exact) mass is 479 g/mol. The number of aryl methyl sites for hydroxylation is 1. The average Bonchev–Trinajstić information content (AvgIpc) is 3.30. The molecule has 0 saturated carbocycles. The van der Waals surface area contributed by atoms with Gasteiger partial charge in [-0.2, -0.15) is 0 Å². The zero-order chi connectivity index (χ0) is 24.4. The van der Waals surface area contributed by atoms with E-state index in [1.54, 1.807) is 13.3 Å². The summed E-state index contributed by atoms with van der Waals surface area (Å²) in [6.07, 6.45) is 1.79. The van der Waals surface area contributed by atoms with Gasteiger partial charge in [0.05, 0.1) is 30.6 Å². The van der Waals surface area contributed by atoms with Gasteiger partial charge in [-0.3, -0.25) is 9.78 Å². The molecule has 2 atom stereocenters. The molecule has 1 fully saturated rings. The molecular formula is C25H29N5O3S. The molecule has 9 heteroatoms. The molecule has 1 amide bonds. The number of amides is 1. The number of rotatable bonds is 7. The van der Waals surface area contributed by atoms with Gasteiger partial charge in [0, 0.05) is 37.4 Å². The Morgan fingerprint density at radius 3 is 2.62 bits per heavy atom. The highest BCUT2D eigenvalue weighted by atomic mass is 32.1. The van der Waals surface area contributed by atoms with Crippen LogP contribution in [0.4, 0.5) is 11.4 Å². The van der Waals surface area contributed by atoms with Crippen LogP contribution in [0.25, 0.3) is 0 Å². The summed E-state index contributed by atoms with van der Waals surface area (Å²) >= 11 is 5.84. The third-order valence-corrected chi connectivity index (χ3v) is 6.56. The summed E-state index contributed by atoms with van der Waals surface area (Å²) in [4.78, 5) is 18.9. The van der Waals surface area contributed by atoms with Gasteiger partial charge in [-0.05, 0) is 68.0 Å². The van der Waals surface area contributed by atoms with E-state index < -0.39 is 0 Å². The normalized spacial score (nSPS) is 17.6. The summed E-state index contributed by atoms with van der Waals surface area (Å²) in [6.45, 7) is 4.15. The number of nitrogens with one attached hydrogen (secondary N) is 2. The highest BCUT2D eigenvalue weighted by molar-refractivity contribution is 7.80. The number of pyridine rings is 1. The van der Waals surface area contributed by atoms with E-state index in [1.165, 1.54) is 7.11 Å². The van der Waals surface area contributed by atoms with Crippen molar-refractivity contribution in [3.63, 3.8) is 0 Å². The molecule has 0 aliphatic carbocycles. The Kier molecular flexibility index (Phi) is 6.85. The van der Waals surface area contributed by atoms with Gasteiger partial charge in [-0.25, -0.2) is 0 Å². The summed E-state index contributed by atoms with van der Waals surface area (Å²) < 4.78 is 12.6. The van der Waals surface area contributed by atoms with Gasteiger partial charge >= 0.3 is 0 Å². The van der Waals surface area contributed by atoms with Crippen molar-refractivity contribution in [1.29, 1.82) is 0 Å². The fraction of sp³-hybridized carbons (Fsp3) is 0.320. The smallest absolute Gasteiger partial charge is 0.250 e. The lowest BCUT2D eigenvalue weighted by atomic mass is 9.96. The van der Waals surface area contributed by atoms with Crippen LogP contribution < -0.4 is 20.3 Å². The third-order valence-electron chi connectivity index (χ3n) is 6.24. The van der Waals surface area contributed by atoms with Gasteiger partial charge in [0.2, 0.25) is 5.91 Å². The number of aromatic nitrogens is 2. The van der Waals surface area contributed by atoms with Crippen LogP contribution in [0.5, 0.6) is 5.75 Å². The number of ether oxygens (including phenoxy) is 2. The Morgan fingerprint density at radius 2 is 2.00 bits per heavy atom. The fourth-order valence-corrected chi connectivity index (χ4v) is 4.74. The highest BCUT2D eigenvalue weighted by Gasteiger charge is 2.42. The van der Waals surface area contributed by atoms with Crippen LogP contribution in [0.2, 0.25) is 0 Å². The summed E-state index contributed by atoms with van der Waals surface area (Å²) in [5.74, 6) is 0.286. The van der Waals surface area contributed by atoms with Gasteiger partial charge < -0.3 is 29.6 Å².